The molecular weight excluding hydrogens is 150 g/mol. The van der Waals surface area contributed by atoms with Crippen LogP contribution in [-0.4, -0.2) is 9.78 Å². The Morgan fingerprint density at radius 3 is 3.08 bits per heavy atom. The summed E-state index contributed by atoms with van der Waals surface area (Å²) in [6.07, 6.45) is 2.88. The number of fused-ring (bicyclic) bond motifs is 1. The molecule has 0 radical (unpaired) electrons. The first-order chi connectivity index (χ1) is 5.70. The molecule has 0 aromatic carbocycles. The molecule has 0 spiro atoms. The van der Waals surface area contributed by atoms with E-state index < -0.39 is 0 Å². The third kappa shape index (κ3) is 0.966. The van der Waals surface area contributed by atoms with Gasteiger partial charge in [-0.3, -0.25) is 4.68 Å². The van der Waals surface area contributed by atoms with Gasteiger partial charge in [0.2, 0.25) is 0 Å². The van der Waals surface area contributed by atoms with Gasteiger partial charge in [0.15, 0.2) is 0 Å². The summed E-state index contributed by atoms with van der Waals surface area (Å²) in [7, 11) is 0. The van der Waals surface area contributed by atoms with E-state index in [0.717, 1.165) is 6.42 Å². The number of aromatic nitrogens is 2. The van der Waals surface area contributed by atoms with E-state index in [2.05, 4.69) is 23.6 Å². The van der Waals surface area contributed by atoms with Crippen LogP contribution in [0.5, 0.6) is 0 Å². The maximum absolute atomic E-state index is 5.96. The number of hydrogen-bond acceptors (Lipinski definition) is 2. The van der Waals surface area contributed by atoms with Crippen molar-refractivity contribution in [2.75, 3.05) is 0 Å². The molecule has 2 atom stereocenters. The van der Waals surface area contributed by atoms with E-state index in [0.29, 0.717) is 12.0 Å². The Morgan fingerprint density at radius 2 is 2.42 bits per heavy atom. The van der Waals surface area contributed by atoms with Gasteiger partial charge < -0.3 is 5.73 Å². The van der Waals surface area contributed by atoms with Crippen LogP contribution in [0, 0.1) is 5.92 Å². The summed E-state index contributed by atoms with van der Waals surface area (Å²) in [5.41, 5.74) is 7.15. The van der Waals surface area contributed by atoms with Crippen molar-refractivity contribution in [3.63, 3.8) is 0 Å². The Kier molecular flexibility index (Phi) is 1.68. The lowest BCUT2D eigenvalue weighted by molar-refractivity contribution is 0.356. The minimum atomic E-state index is 0.194. The average molecular weight is 165 g/mol. The van der Waals surface area contributed by atoms with Crippen molar-refractivity contribution in [3.8, 4) is 0 Å². The first-order valence-electron chi connectivity index (χ1n) is 4.49. The molecule has 12 heavy (non-hydrogen) atoms. The summed E-state index contributed by atoms with van der Waals surface area (Å²) >= 11 is 0. The minimum Gasteiger partial charge on any atom is -0.323 e. The van der Waals surface area contributed by atoms with Crippen molar-refractivity contribution in [2.45, 2.75) is 32.4 Å². The lowest BCUT2D eigenvalue weighted by Gasteiger charge is -2.15. The summed E-state index contributed by atoms with van der Waals surface area (Å²) < 4.78 is 2.08. The molecule has 1 aliphatic heterocycles. The van der Waals surface area contributed by atoms with Crippen LogP contribution in [0.15, 0.2) is 12.3 Å². The van der Waals surface area contributed by atoms with Crippen LogP contribution in [-0.2, 0) is 0 Å². The van der Waals surface area contributed by atoms with Crippen LogP contribution in [0.1, 0.15) is 38.0 Å². The molecule has 0 bridgehead atoms. The van der Waals surface area contributed by atoms with Crippen LogP contribution >= 0.6 is 0 Å². The molecule has 2 N–H and O–H groups in total. The third-order valence-electron chi connectivity index (χ3n) is 2.66. The molecule has 1 aromatic heterocycles. The summed E-state index contributed by atoms with van der Waals surface area (Å²) in [4.78, 5) is 0. The van der Waals surface area contributed by atoms with E-state index in [1.807, 2.05) is 12.3 Å². The zero-order chi connectivity index (χ0) is 8.72. The third-order valence-corrected chi connectivity index (χ3v) is 2.66. The second-order valence-electron chi connectivity index (χ2n) is 3.85. The smallest absolute Gasteiger partial charge is 0.0564 e. The number of nitrogens with two attached hydrogens (primary N) is 1. The fourth-order valence-corrected chi connectivity index (χ4v) is 1.93. The quantitative estimate of drug-likeness (QED) is 0.685. The van der Waals surface area contributed by atoms with Crippen LogP contribution in [0.4, 0.5) is 0 Å². The van der Waals surface area contributed by atoms with Gasteiger partial charge in [0.1, 0.15) is 0 Å². The molecular formula is C9H15N3. The maximum atomic E-state index is 5.96. The van der Waals surface area contributed by atoms with Gasteiger partial charge in [0.25, 0.3) is 0 Å². The zero-order valence-electron chi connectivity index (χ0n) is 7.57. The van der Waals surface area contributed by atoms with Crippen molar-refractivity contribution < 1.29 is 0 Å². The standard InChI is InChI=1S/C9H15N3/c1-6(2)9-5-7(10)8-3-4-11-12(8)9/h3-4,6-7,9H,5,10H2,1-2H3/t7-,9+/m0/s1. The van der Waals surface area contributed by atoms with Crippen LogP contribution in [0.2, 0.25) is 0 Å². The number of rotatable bonds is 1. The van der Waals surface area contributed by atoms with Crippen molar-refractivity contribution >= 4 is 0 Å². The van der Waals surface area contributed by atoms with E-state index in [1.165, 1.54) is 5.69 Å². The first-order valence-corrected chi connectivity index (χ1v) is 4.49. The topological polar surface area (TPSA) is 43.8 Å². The van der Waals surface area contributed by atoms with Gasteiger partial charge in [0, 0.05) is 12.2 Å². The maximum Gasteiger partial charge on any atom is 0.0564 e. The molecule has 0 saturated heterocycles. The fraction of sp³-hybridized carbons (Fsp3) is 0.667. The SMILES string of the molecule is CC(C)[C@H]1C[C@H](N)c2ccnn21. The molecule has 0 saturated carbocycles. The van der Waals surface area contributed by atoms with Crippen molar-refractivity contribution in [3.05, 3.63) is 18.0 Å². The predicted octanol–water partition coefficient (Wildman–Crippen LogP) is 1.48. The first kappa shape index (κ1) is 7.80. The highest BCUT2D eigenvalue weighted by atomic mass is 15.3. The average Bonchev–Trinajstić information content (AvgIpc) is 2.53. The molecule has 66 valence electrons. The van der Waals surface area contributed by atoms with Crippen molar-refractivity contribution in [1.29, 1.82) is 0 Å². The van der Waals surface area contributed by atoms with Crippen molar-refractivity contribution in [2.24, 2.45) is 11.7 Å². The van der Waals surface area contributed by atoms with Crippen LogP contribution < -0.4 is 5.73 Å². The van der Waals surface area contributed by atoms with E-state index in [9.17, 15) is 0 Å². The summed E-state index contributed by atoms with van der Waals surface area (Å²) in [6.45, 7) is 4.43. The van der Waals surface area contributed by atoms with E-state index in [4.69, 9.17) is 5.73 Å². The van der Waals surface area contributed by atoms with Gasteiger partial charge in [-0.1, -0.05) is 13.8 Å². The normalized spacial score (nSPS) is 28.0. The van der Waals surface area contributed by atoms with Gasteiger partial charge in [-0.25, -0.2) is 0 Å². The van der Waals surface area contributed by atoms with Crippen molar-refractivity contribution in [1.82, 2.24) is 9.78 Å². The minimum absolute atomic E-state index is 0.194. The van der Waals surface area contributed by atoms with Gasteiger partial charge in [-0.15, -0.1) is 0 Å². The Labute approximate surface area is 72.6 Å². The molecule has 0 unspecified atom stereocenters. The lowest BCUT2D eigenvalue weighted by Crippen LogP contribution is -2.12. The molecule has 1 aliphatic rings. The van der Waals surface area contributed by atoms with E-state index >= 15 is 0 Å². The summed E-state index contributed by atoms with van der Waals surface area (Å²) in [6, 6.07) is 2.72. The lowest BCUT2D eigenvalue weighted by atomic mass is 10.0. The second kappa shape index (κ2) is 2.59. The monoisotopic (exact) mass is 165 g/mol. The largest absolute Gasteiger partial charge is 0.323 e. The molecule has 1 aromatic rings. The predicted molar refractivity (Wildman–Crippen MR) is 47.6 cm³/mol. The molecule has 2 heterocycles. The van der Waals surface area contributed by atoms with Crippen LogP contribution in [0.25, 0.3) is 0 Å². The van der Waals surface area contributed by atoms with Gasteiger partial charge in [0.05, 0.1) is 11.7 Å². The second-order valence-corrected chi connectivity index (χ2v) is 3.85. The number of nitrogens with zero attached hydrogens (tertiary/aromatic N) is 2. The van der Waals surface area contributed by atoms with E-state index in [1.54, 1.807) is 0 Å². The molecule has 0 amide bonds. The Bertz CT molecular complexity index is 277. The highest BCUT2D eigenvalue weighted by molar-refractivity contribution is 5.12. The Hall–Kier alpha value is -0.830. The Balaban J connectivity index is 2.35. The van der Waals surface area contributed by atoms with E-state index in [-0.39, 0.29) is 6.04 Å². The molecule has 2 rings (SSSR count). The number of hydrogen-bond donors (Lipinski definition) is 1. The highest BCUT2D eigenvalue weighted by Gasteiger charge is 2.30. The van der Waals surface area contributed by atoms with Gasteiger partial charge in [-0.05, 0) is 18.4 Å². The molecule has 3 nitrogen and oxygen atoms in total. The van der Waals surface area contributed by atoms with Crippen LogP contribution in [0.3, 0.4) is 0 Å². The van der Waals surface area contributed by atoms with Gasteiger partial charge >= 0.3 is 0 Å². The highest BCUT2D eigenvalue weighted by Crippen LogP contribution is 2.35. The van der Waals surface area contributed by atoms with Gasteiger partial charge in [-0.2, -0.15) is 5.10 Å². The zero-order valence-corrected chi connectivity index (χ0v) is 7.57. The Morgan fingerprint density at radius 1 is 1.67 bits per heavy atom. The molecule has 0 fully saturated rings. The fourth-order valence-electron chi connectivity index (χ4n) is 1.93. The molecule has 3 heteroatoms. The molecule has 0 aliphatic carbocycles. The summed E-state index contributed by atoms with van der Waals surface area (Å²) in [5.74, 6) is 0.622. The summed E-state index contributed by atoms with van der Waals surface area (Å²) in [5, 5.41) is 4.29.